The van der Waals surface area contributed by atoms with Crippen molar-refractivity contribution < 1.29 is 13.9 Å². The number of rotatable bonds is 4. The van der Waals surface area contributed by atoms with Gasteiger partial charge in [0.25, 0.3) is 5.91 Å². The van der Waals surface area contributed by atoms with E-state index in [4.69, 9.17) is 9.15 Å². The van der Waals surface area contributed by atoms with Gasteiger partial charge in [0, 0.05) is 28.6 Å². The first-order valence-electron chi connectivity index (χ1n) is 7.90. The van der Waals surface area contributed by atoms with Crippen LogP contribution in [-0.4, -0.2) is 5.91 Å². The minimum absolute atomic E-state index is 0.272. The SMILES string of the molecule is O=C(C=COc1ccccc1)Nc1ccc2c(c1)oc1ccccc12. The fourth-order valence-electron chi connectivity index (χ4n) is 2.66. The maximum Gasteiger partial charge on any atom is 0.251 e. The Morgan fingerprint density at radius 1 is 0.880 bits per heavy atom. The van der Waals surface area contributed by atoms with E-state index in [9.17, 15) is 4.79 Å². The van der Waals surface area contributed by atoms with Crippen molar-refractivity contribution in [2.45, 2.75) is 0 Å². The molecule has 0 bridgehead atoms. The van der Waals surface area contributed by atoms with E-state index in [1.54, 1.807) is 0 Å². The van der Waals surface area contributed by atoms with Crippen molar-refractivity contribution in [3.05, 3.63) is 85.1 Å². The number of nitrogens with one attached hydrogen (secondary N) is 1. The fourth-order valence-corrected chi connectivity index (χ4v) is 2.66. The van der Waals surface area contributed by atoms with Gasteiger partial charge in [-0.15, -0.1) is 0 Å². The number of fused-ring (bicyclic) bond motifs is 3. The van der Waals surface area contributed by atoms with Crippen LogP contribution in [0.1, 0.15) is 0 Å². The Kier molecular flexibility index (Phi) is 3.92. The molecule has 1 aromatic heterocycles. The molecule has 0 radical (unpaired) electrons. The van der Waals surface area contributed by atoms with Crippen molar-refractivity contribution in [3.8, 4) is 5.75 Å². The van der Waals surface area contributed by atoms with Crippen molar-refractivity contribution >= 4 is 33.5 Å². The van der Waals surface area contributed by atoms with Crippen molar-refractivity contribution in [2.24, 2.45) is 0 Å². The molecule has 0 spiro atoms. The van der Waals surface area contributed by atoms with Gasteiger partial charge in [0.15, 0.2) is 0 Å². The minimum Gasteiger partial charge on any atom is -0.465 e. The van der Waals surface area contributed by atoms with Crippen molar-refractivity contribution in [1.82, 2.24) is 0 Å². The Morgan fingerprint density at radius 2 is 1.64 bits per heavy atom. The number of furan rings is 1. The summed E-state index contributed by atoms with van der Waals surface area (Å²) in [5, 5.41) is 4.89. The summed E-state index contributed by atoms with van der Waals surface area (Å²) in [6.45, 7) is 0. The number of benzene rings is 3. The highest BCUT2D eigenvalue weighted by Crippen LogP contribution is 2.30. The van der Waals surface area contributed by atoms with Crippen LogP contribution in [0, 0.1) is 0 Å². The van der Waals surface area contributed by atoms with Gasteiger partial charge in [-0.3, -0.25) is 4.79 Å². The van der Waals surface area contributed by atoms with E-state index in [1.165, 1.54) is 12.3 Å². The van der Waals surface area contributed by atoms with E-state index < -0.39 is 0 Å². The Labute approximate surface area is 144 Å². The number of hydrogen-bond donors (Lipinski definition) is 1. The van der Waals surface area contributed by atoms with Gasteiger partial charge >= 0.3 is 0 Å². The van der Waals surface area contributed by atoms with Gasteiger partial charge in [-0.05, 0) is 30.3 Å². The molecule has 0 aliphatic rings. The Bertz CT molecular complexity index is 1060. The molecular formula is C21H15NO3. The first-order valence-corrected chi connectivity index (χ1v) is 7.90. The molecule has 4 aromatic rings. The van der Waals surface area contributed by atoms with Gasteiger partial charge in [0.2, 0.25) is 0 Å². The quantitative estimate of drug-likeness (QED) is 0.418. The zero-order valence-corrected chi connectivity index (χ0v) is 13.3. The molecule has 25 heavy (non-hydrogen) atoms. The predicted octanol–water partition coefficient (Wildman–Crippen LogP) is 5.12. The molecule has 4 rings (SSSR count). The summed E-state index contributed by atoms with van der Waals surface area (Å²) in [5.41, 5.74) is 2.24. The molecule has 0 atom stereocenters. The molecule has 1 amide bonds. The van der Waals surface area contributed by atoms with Crippen molar-refractivity contribution in [3.63, 3.8) is 0 Å². The summed E-state index contributed by atoms with van der Waals surface area (Å²) < 4.78 is 11.2. The number of ether oxygens (including phenoxy) is 1. The standard InChI is InChI=1S/C21H15NO3/c23-21(12-13-24-16-6-2-1-3-7-16)22-15-10-11-18-17-8-4-5-9-19(17)25-20(18)14-15/h1-14H,(H,22,23). The third kappa shape index (κ3) is 3.23. The molecule has 122 valence electrons. The number of carbonyl (C=O) groups is 1. The van der Waals surface area contributed by atoms with Crippen LogP contribution >= 0.6 is 0 Å². The van der Waals surface area contributed by atoms with E-state index >= 15 is 0 Å². The third-order valence-electron chi connectivity index (χ3n) is 3.81. The zero-order valence-electron chi connectivity index (χ0n) is 13.3. The number of para-hydroxylation sites is 2. The lowest BCUT2D eigenvalue weighted by atomic mass is 10.1. The third-order valence-corrected chi connectivity index (χ3v) is 3.81. The molecule has 4 nitrogen and oxygen atoms in total. The van der Waals surface area contributed by atoms with Crippen molar-refractivity contribution in [2.75, 3.05) is 5.32 Å². The maximum absolute atomic E-state index is 12.0. The monoisotopic (exact) mass is 329 g/mol. The molecule has 0 fully saturated rings. The van der Waals surface area contributed by atoms with Crippen molar-refractivity contribution in [1.29, 1.82) is 0 Å². The molecule has 0 aliphatic heterocycles. The molecule has 0 saturated carbocycles. The van der Waals surface area contributed by atoms with Gasteiger partial charge in [0.1, 0.15) is 16.9 Å². The van der Waals surface area contributed by atoms with Crippen LogP contribution in [0.25, 0.3) is 21.9 Å². The first-order chi connectivity index (χ1) is 12.3. The largest absolute Gasteiger partial charge is 0.465 e. The lowest BCUT2D eigenvalue weighted by Crippen LogP contribution is -2.08. The second kappa shape index (κ2) is 6.53. The molecule has 1 N–H and O–H groups in total. The Balaban J connectivity index is 1.48. The molecule has 0 unspecified atom stereocenters. The predicted molar refractivity (Wildman–Crippen MR) is 98.6 cm³/mol. The Morgan fingerprint density at radius 3 is 2.52 bits per heavy atom. The molecular weight excluding hydrogens is 314 g/mol. The second-order valence-corrected chi connectivity index (χ2v) is 5.53. The Hall–Kier alpha value is -3.53. The average molecular weight is 329 g/mol. The van der Waals surface area contributed by atoms with E-state index in [1.807, 2.05) is 72.8 Å². The highest BCUT2D eigenvalue weighted by Gasteiger charge is 2.07. The summed E-state index contributed by atoms with van der Waals surface area (Å²) in [6, 6.07) is 22.7. The zero-order chi connectivity index (χ0) is 17.1. The number of carbonyl (C=O) groups excluding carboxylic acids is 1. The second-order valence-electron chi connectivity index (χ2n) is 5.53. The van der Waals surface area contributed by atoms with Gasteiger partial charge in [-0.1, -0.05) is 36.4 Å². The molecule has 0 saturated heterocycles. The van der Waals surface area contributed by atoms with Crippen LogP contribution in [0.15, 0.2) is 89.6 Å². The minimum atomic E-state index is -0.272. The van der Waals surface area contributed by atoms with Crippen LogP contribution in [0.3, 0.4) is 0 Å². The van der Waals surface area contributed by atoms with Gasteiger partial charge in [-0.25, -0.2) is 0 Å². The summed E-state index contributed by atoms with van der Waals surface area (Å²) in [4.78, 5) is 12.0. The van der Waals surface area contributed by atoms with E-state index in [0.717, 1.165) is 21.9 Å². The summed E-state index contributed by atoms with van der Waals surface area (Å²) >= 11 is 0. The van der Waals surface area contributed by atoms with Crippen LogP contribution in [0.5, 0.6) is 5.75 Å². The summed E-state index contributed by atoms with van der Waals surface area (Å²) in [6.07, 6.45) is 2.71. The first kappa shape index (κ1) is 15.0. The normalized spacial score (nSPS) is 11.2. The molecule has 3 aromatic carbocycles. The lowest BCUT2D eigenvalue weighted by molar-refractivity contribution is -0.112. The number of hydrogen-bond acceptors (Lipinski definition) is 3. The lowest BCUT2D eigenvalue weighted by Gasteiger charge is -2.02. The van der Waals surface area contributed by atoms with Crippen LogP contribution < -0.4 is 10.1 Å². The maximum atomic E-state index is 12.0. The highest BCUT2D eigenvalue weighted by molar-refractivity contribution is 6.07. The number of amides is 1. The van der Waals surface area contributed by atoms with Crippen LogP contribution in [0.2, 0.25) is 0 Å². The molecule has 4 heteroatoms. The smallest absolute Gasteiger partial charge is 0.251 e. The van der Waals surface area contributed by atoms with Crippen LogP contribution in [-0.2, 0) is 4.79 Å². The van der Waals surface area contributed by atoms with Crippen LogP contribution in [0.4, 0.5) is 5.69 Å². The summed E-state index contributed by atoms with van der Waals surface area (Å²) in [5.74, 6) is 0.404. The fraction of sp³-hybridized carbons (Fsp3) is 0. The molecule has 0 aliphatic carbocycles. The highest BCUT2D eigenvalue weighted by atomic mass is 16.5. The summed E-state index contributed by atoms with van der Waals surface area (Å²) in [7, 11) is 0. The van der Waals surface area contributed by atoms with E-state index in [-0.39, 0.29) is 5.91 Å². The topological polar surface area (TPSA) is 51.5 Å². The van der Waals surface area contributed by atoms with E-state index in [2.05, 4.69) is 5.32 Å². The van der Waals surface area contributed by atoms with Gasteiger partial charge < -0.3 is 14.5 Å². The molecule has 1 heterocycles. The number of anilines is 1. The van der Waals surface area contributed by atoms with E-state index in [0.29, 0.717) is 11.4 Å². The average Bonchev–Trinajstić information content (AvgIpc) is 3.00. The van der Waals surface area contributed by atoms with Gasteiger partial charge in [-0.2, -0.15) is 0 Å². The van der Waals surface area contributed by atoms with Gasteiger partial charge in [0.05, 0.1) is 6.26 Å².